The van der Waals surface area contributed by atoms with Gasteiger partial charge in [0, 0.05) is 17.7 Å². The van der Waals surface area contributed by atoms with E-state index in [4.69, 9.17) is 15.2 Å². The summed E-state index contributed by atoms with van der Waals surface area (Å²) >= 11 is 0. The number of hydrogen-bond acceptors (Lipinski definition) is 4. The summed E-state index contributed by atoms with van der Waals surface area (Å²) in [6.45, 7) is 0. The maximum Gasteiger partial charge on any atom is 0.161 e. The number of ether oxygens (including phenoxy) is 2. The van der Waals surface area contributed by atoms with Crippen LogP contribution in [0, 0.1) is 0 Å². The highest BCUT2D eigenvalue weighted by atomic mass is 16.5. The molecule has 0 bridgehead atoms. The Morgan fingerprint density at radius 1 is 1.00 bits per heavy atom. The molecule has 118 valence electrons. The third-order valence-corrected chi connectivity index (χ3v) is 3.77. The van der Waals surface area contributed by atoms with Gasteiger partial charge < -0.3 is 15.2 Å². The van der Waals surface area contributed by atoms with Crippen LogP contribution in [0.5, 0.6) is 11.5 Å². The Bertz CT molecular complexity index is 797. The fourth-order valence-electron chi connectivity index (χ4n) is 2.64. The Hall–Kier alpha value is -2.95. The number of nitrogens with two attached hydrogens (primary N) is 1. The fourth-order valence-corrected chi connectivity index (χ4v) is 2.64. The molecule has 3 rings (SSSR count). The molecule has 0 atom stereocenters. The highest BCUT2D eigenvalue weighted by Gasteiger charge is 2.15. The van der Waals surface area contributed by atoms with Crippen molar-refractivity contribution in [1.29, 1.82) is 0 Å². The summed E-state index contributed by atoms with van der Waals surface area (Å²) in [5, 5.41) is 7.21. The third-order valence-electron chi connectivity index (χ3n) is 3.77. The molecule has 0 fully saturated rings. The van der Waals surface area contributed by atoms with Crippen molar-refractivity contribution in [2.75, 3.05) is 20.0 Å². The number of aromatic nitrogens is 2. The molecular weight excluding hydrogens is 290 g/mol. The minimum atomic E-state index is 0.475. The summed E-state index contributed by atoms with van der Waals surface area (Å²) < 4.78 is 10.7. The van der Waals surface area contributed by atoms with Crippen LogP contribution in [-0.2, 0) is 6.42 Å². The topological polar surface area (TPSA) is 73.2 Å². The van der Waals surface area contributed by atoms with Gasteiger partial charge in [0.25, 0.3) is 0 Å². The lowest BCUT2D eigenvalue weighted by atomic mass is 10.0. The van der Waals surface area contributed by atoms with Crippen LogP contribution in [0.2, 0.25) is 0 Å². The summed E-state index contributed by atoms with van der Waals surface area (Å²) in [4.78, 5) is 0. The van der Waals surface area contributed by atoms with Crippen molar-refractivity contribution in [3.63, 3.8) is 0 Å². The summed E-state index contributed by atoms with van der Waals surface area (Å²) in [5.74, 6) is 1.82. The molecule has 2 aromatic carbocycles. The van der Waals surface area contributed by atoms with Crippen molar-refractivity contribution in [2.24, 2.45) is 0 Å². The summed E-state index contributed by atoms with van der Waals surface area (Å²) in [6.07, 6.45) is 0.731. The van der Waals surface area contributed by atoms with E-state index >= 15 is 0 Å². The number of aromatic amines is 1. The number of anilines is 1. The monoisotopic (exact) mass is 309 g/mol. The number of nitrogens with zero attached hydrogens (tertiary/aromatic N) is 1. The van der Waals surface area contributed by atoms with Gasteiger partial charge in [-0.2, -0.15) is 5.10 Å². The van der Waals surface area contributed by atoms with Crippen molar-refractivity contribution < 1.29 is 9.47 Å². The highest BCUT2D eigenvalue weighted by Crippen LogP contribution is 2.36. The Labute approximate surface area is 135 Å². The van der Waals surface area contributed by atoms with Gasteiger partial charge in [-0.1, -0.05) is 36.4 Å². The highest BCUT2D eigenvalue weighted by molar-refractivity contribution is 5.78. The van der Waals surface area contributed by atoms with Crippen LogP contribution in [0.1, 0.15) is 11.3 Å². The van der Waals surface area contributed by atoms with Crippen molar-refractivity contribution in [1.82, 2.24) is 10.2 Å². The van der Waals surface area contributed by atoms with E-state index in [-0.39, 0.29) is 0 Å². The number of benzene rings is 2. The van der Waals surface area contributed by atoms with E-state index in [1.165, 1.54) is 5.56 Å². The maximum absolute atomic E-state index is 6.07. The van der Waals surface area contributed by atoms with Gasteiger partial charge in [0.05, 0.1) is 14.2 Å². The lowest BCUT2D eigenvalue weighted by Gasteiger charge is -2.10. The molecule has 0 aliphatic carbocycles. The van der Waals surface area contributed by atoms with Gasteiger partial charge in [0.2, 0.25) is 0 Å². The van der Waals surface area contributed by atoms with Gasteiger partial charge in [-0.25, -0.2) is 0 Å². The van der Waals surface area contributed by atoms with E-state index < -0.39 is 0 Å². The molecule has 3 N–H and O–H groups in total. The molecule has 0 saturated carbocycles. The summed E-state index contributed by atoms with van der Waals surface area (Å²) in [6, 6.07) is 15.9. The second-order valence-corrected chi connectivity index (χ2v) is 5.19. The van der Waals surface area contributed by atoms with Crippen LogP contribution in [0.3, 0.4) is 0 Å². The Morgan fingerprint density at radius 2 is 1.74 bits per heavy atom. The first-order chi connectivity index (χ1) is 11.2. The minimum absolute atomic E-state index is 0.475. The lowest BCUT2D eigenvalue weighted by Crippen LogP contribution is -1.95. The average Bonchev–Trinajstić information content (AvgIpc) is 2.95. The third kappa shape index (κ3) is 2.99. The number of rotatable bonds is 5. The van der Waals surface area contributed by atoms with Gasteiger partial charge in [0.1, 0.15) is 0 Å². The zero-order valence-corrected chi connectivity index (χ0v) is 13.2. The second-order valence-electron chi connectivity index (χ2n) is 5.19. The van der Waals surface area contributed by atoms with E-state index in [0.29, 0.717) is 17.3 Å². The van der Waals surface area contributed by atoms with Gasteiger partial charge in [-0.3, -0.25) is 5.10 Å². The molecule has 5 heteroatoms. The molecule has 0 amide bonds. The first-order valence-electron chi connectivity index (χ1n) is 7.32. The van der Waals surface area contributed by atoms with Crippen LogP contribution in [-0.4, -0.2) is 24.4 Å². The second kappa shape index (κ2) is 6.44. The molecule has 1 aromatic heterocycles. The zero-order valence-electron chi connectivity index (χ0n) is 13.2. The molecule has 0 spiro atoms. The van der Waals surface area contributed by atoms with Crippen LogP contribution in [0.4, 0.5) is 5.82 Å². The van der Waals surface area contributed by atoms with Gasteiger partial charge >= 0.3 is 0 Å². The molecule has 23 heavy (non-hydrogen) atoms. The predicted molar refractivity (Wildman–Crippen MR) is 90.8 cm³/mol. The van der Waals surface area contributed by atoms with Crippen molar-refractivity contribution in [2.45, 2.75) is 6.42 Å². The molecule has 5 nitrogen and oxygen atoms in total. The molecule has 1 heterocycles. The number of H-pyrrole nitrogens is 1. The standard InChI is InChI=1S/C18H19N3O2/c1-22-15-9-8-13(11-16(15)23-2)17-14(20-21-18(17)19)10-12-6-4-3-5-7-12/h3-9,11H,10H2,1-2H3,(H3,19,20,21). The molecule has 0 unspecified atom stereocenters. The normalized spacial score (nSPS) is 10.5. The van der Waals surface area contributed by atoms with Crippen LogP contribution in [0.25, 0.3) is 11.1 Å². The number of nitrogen functional groups attached to an aromatic ring is 1. The molecule has 0 radical (unpaired) electrons. The predicted octanol–water partition coefficient (Wildman–Crippen LogP) is 3.27. The van der Waals surface area contributed by atoms with Crippen LogP contribution in [0.15, 0.2) is 48.5 Å². The molecule has 3 aromatic rings. The van der Waals surface area contributed by atoms with Crippen molar-refractivity contribution in [3.8, 4) is 22.6 Å². The van der Waals surface area contributed by atoms with Crippen molar-refractivity contribution >= 4 is 5.82 Å². The van der Waals surface area contributed by atoms with Gasteiger partial charge in [-0.15, -0.1) is 0 Å². The SMILES string of the molecule is COc1ccc(-c2c(N)n[nH]c2Cc2ccccc2)cc1OC. The maximum atomic E-state index is 6.07. The quantitative estimate of drug-likeness (QED) is 0.758. The zero-order chi connectivity index (χ0) is 16.2. The Kier molecular flexibility index (Phi) is 4.19. The van der Waals surface area contributed by atoms with Gasteiger partial charge in [0.15, 0.2) is 17.3 Å². The van der Waals surface area contributed by atoms with Crippen molar-refractivity contribution in [3.05, 3.63) is 59.8 Å². The Balaban J connectivity index is 2.01. The number of hydrogen-bond donors (Lipinski definition) is 2. The smallest absolute Gasteiger partial charge is 0.161 e. The number of nitrogens with one attached hydrogen (secondary N) is 1. The van der Waals surface area contributed by atoms with E-state index in [2.05, 4.69) is 22.3 Å². The van der Waals surface area contributed by atoms with E-state index in [9.17, 15) is 0 Å². The fraction of sp³-hybridized carbons (Fsp3) is 0.167. The first-order valence-corrected chi connectivity index (χ1v) is 7.32. The van der Waals surface area contributed by atoms with Crippen LogP contribution < -0.4 is 15.2 Å². The van der Waals surface area contributed by atoms with E-state index in [1.807, 2.05) is 36.4 Å². The molecule has 0 saturated heterocycles. The summed E-state index contributed by atoms with van der Waals surface area (Å²) in [7, 11) is 3.23. The lowest BCUT2D eigenvalue weighted by molar-refractivity contribution is 0.355. The van der Waals surface area contributed by atoms with E-state index in [1.54, 1.807) is 14.2 Å². The summed E-state index contributed by atoms with van der Waals surface area (Å²) in [5.41, 5.74) is 10.1. The largest absolute Gasteiger partial charge is 0.493 e. The molecule has 0 aliphatic heterocycles. The molecule has 0 aliphatic rings. The first kappa shape index (κ1) is 15.0. The van der Waals surface area contributed by atoms with Crippen LogP contribution >= 0.6 is 0 Å². The van der Waals surface area contributed by atoms with E-state index in [0.717, 1.165) is 23.2 Å². The average molecular weight is 309 g/mol. The van der Waals surface area contributed by atoms with Gasteiger partial charge in [-0.05, 0) is 23.3 Å². The Morgan fingerprint density at radius 3 is 2.43 bits per heavy atom. The number of methoxy groups -OCH3 is 2. The molecular formula is C18H19N3O2. The minimum Gasteiger partial charge on any atom is -0.493 e.